The van der Waals surface area contributed by atoms with Crippen LogP contribution in [0.2, 0.25) is 0 Å². The Morgan fingerprint density at radius 2 is 1.65 bits per heavy atom. The summed E-state index contributed by atoms with van der Waals surface area (Å²) < 4.78 is 10.9. The van der Waals surface area contributed by atoms with Crippen molar-refractivity contribution in [3.63, 3.8) is 0 Å². The highest BCUT2D eigenvalue weighted by Crippen LogP contribution is 2.43. The molecule has 0 fully saturated rings. The van der Waals surface area contributed by atoms with Gasteiger partial charge in [-0.05, 0) is 42.3 Å². The number of amides is 1. The maximum atomic E-state index is 13.1. The van der Waals surface area contributed by atoms with Crippen molar-refractivity contribution in [1.29, 1.82) is 0 Å². The average molecular weight is 415 g/mol. The summed E-state index contributed by atoms with van der Waals surface area (Å²) in [4.78, 5) is 13.1. The van der Waals surface area contributed by atoms with Gasteiger partial charge in [-0.1, -0.05) is 42.5 Å². The van der Waals surface area contributed by atoms with Gasteiger partial charge in [0.1, 0.15) is 0 Å². The lowest BCUT2D eigenvalue weighted by molar-refractivity contribution is -0.110. The van der Waals surface area contributed by atoms with Gasteiger partial charge in [0.25, 0.3) is 5.91 Å². The molecular formula is C25H25N3O3. The van der Waals surface area contributed by atoms with Crippen molar-refractivity contribution in [3.8, 4) is 11.5 Å². The standard InChI is InChI=1S/C25H25N3O3/c1-30-21-14-19-20(15-22(21)31-2)28-25(29)23(19)24(17-6-4-3-5-7-17)27-18-10-8-16(9-11-18)12-13-26/h3-11,14-15,27H,12-13,26H2,1-2H3,(H,28,29). The minimum Gasteiger partial charge on any atom is -0.493 e. The molecule has 4 rings (SSSR count). The Labute approximate surface area is 181 Å². The first-order valence-corrected chi connectivity index (χ1v) is 10.1. The van der Waals surface area contributed by atoms with Gasteiger partial charge in [0.2, 0.25) is 0 Å². The summed E-state index contributed by atoms with van der Waals surface area (Å²) in [6.45, 7) is 0.605. The number of methoxy groups -OCH3 is 2. The molecule has 0 aromatic heterocycles. The smallest absolute Gasteiger partial charge is 0.258 e. The molecule has 1 aliphatic heterocycles. The lowest BCUT2D eigenvalue weighted by atomic mass is 9.99. The van der Waals surface area contributed by atoms with Crippen molar-refractivity contribution in [3.05, 3.63) is 83.4 Å². The SMILES string of the molecule is COc1cc2c(cc1OC)C(=C(Nc1ccc(CCN)cc1)c1ccccc1)C(=O)N2. The number of carbonyl (C=O) groups is 1. The number of ether oxygens (including phenoxy) is 2. The molecule has 0 unspecified atom stereocenters. The fourth-order valence-electron chi connectivity index (χ4n) is 3.69. The van der Waals surface area contributed by atoms with E-state index in [1.807, 2.05) is 60.7 Å². The van der Waals surface area contributed by atoms with Crippen LogP contribution in [-0.4, -0.2) is 26.7 Å². The van der Waals surface area contributed by atoms with Gasteiger partial charge >= 0.3 is 0 Å². The van der Waals surface area contributed by atoms with Crippen molar-refractivity contribution in [1.82, 2.24) is 0 Å². The van der Waals surface area contributed by atoms with E-state index in [0.717, 1.165) is 28.9 Å². The molecule has 158 valence electrons. The number of nitrogens with one attached hydrogen (secondary N) is 2. The normalized spacial score (nSPS) is 14.0. The van der Waals surface area contributed by atoms with E-state index in [1.165, 1.54) is 5.56 Å². The number of hydrogen-bond acceptors (Lipinski definition) is 5. The molecule has 3 aromatic carbocycles. The fraction of sp³-hybridized carbons (Fsp3) is 0.160. The van der Waals surface area contributed by atoms with Crippen LogP contribution in [0.3, 0.4) is 0 Å². The van der Waals surface area contributed by atoms with Crippen LogP contribution in [-0.2, 0) is 11.2 Å². The molecule has 4 N–H and O–H groups in total. The van der Waals surface area contributed by atoms with Gasteiger partial charge in [-0.2, -0.15) is 0 Å². The molecule has 1 amide bonds. The zero-order valence-corrected chi connectivity index (χ0v) is 17.6. The topological polar surface area (TPSA) is 85.6 Å². The second kappa shape index (κ2) is 8.93. The third kappa shape index (κ3) is 4.11. The predicted molar refractivity (Wildman–Crippen MR) is 124 cm³/mol. The summed E-state index contributed by atoms with van der Waals surface area (Å²) in [5, 5.41) is 6.41. The quantitative estimate of drug-likeness (QED) is 0.505. The molecule has 0 bridgehead atoms. The monoisotopic (exact) mass is 415 g/mol. The van der Waals surface area contributed by atoms with Crippen LogP contribution in [0.15, 0.2) is 66.7 Å². The van der Waals surface area contributed by atoms with Gasteiger partial charge in [0, 0.05) is 17.3 Å². The molecule has 0 spiro atoms. The van der Waals surface area contributed by atoms with E-state index in [9.17, 15) is 4.79 Å². The summed E-state index contributed by atoms with van der Waals surface area (Å²) in [5.74, 6) is 0.942. The minimum atomic E-state index is -0.184. The van der Waals surface area contributed by atoms with Crippen LogP contribution in [0.5, 0.6) is 11.5 Å². The molecule has 1 heterocycles. The zero-order valence-electron chi connectivity index (χ0n) is 17.6. The number of nitrogens with two attached hydrogens (primary N) is 1. The highest BCUT2D eigenvalue weighted by molar-refractivity contribution is 6.37. The largest absolute Gasteiger partial charge is 0.493 e. The van der Waals surface area contributed by atoms with Crippen LogP contribution < -0.4 is 25.8 Å². The first-order chi connectivity index (χ1) is 15.1. The summed E-state index contributed by atoms with van der Waals surface area (Å²) in [6.07, 6.45) is 0.824. The van der Waals surface area contributed by atoms with Crippen molar-refractivity contribution in [2.45, 2.75) is 6.42 Å². The van der Waals surface area contributed by atoms with Gasteiger partial charge in [0.15, 0.2) is 11.5 Å². The van der Waals surface area contributed by atoms with E-state index in [-0.39, 0.29) is 5.91 Å². The van der Waals surface area contributed by atoms with Crippen LogP contribution in [0.25, 0.3) is 11.3 Å². The number of anilines is 2. The molecule has 6 heteroatoms. The number of hydrogen-bond donors (Lipinski definition) is 3. The molecule has 31 heavy (non-hydrogen) atoms. The van der Waals surface area contributed by atoms with E-state index in [2.05, 4.69) is 10.6 Å². The highest BCUT2D eigenvalue weighted by Gasteiger charge is 2.30. The highest BCUT2D eigenvalue weighted by atomic mass is 16.5. The van der Waals surface area contributed by atoms with Gasteiger partial charge in [0.05, 0.1) is 31.2 Å². The summed E-state index contributed by atoms with van der Waals surface area (Å²) >= 11 is 0. The third-order valence-corrected chi connectivity index (χ3v) is 5.24. The van der Waals surface area contributed by atoms with Crippen LogP contribution in [0, 0.1) is 0 Å². The van der Waals surface area contributed by atoms with Gasteiger partial charge in [-0.25, -0.2) is 0 Å². The first kappa shape index (κ1) is 20.5. The van der Waals surface area contributed by atoms with Crippen molar-refractivity contribution in [2.24, 2.45) is 5.73 Å². The Morgan fingerprint density at radius 1 is 0.968 bits per heavy atom. The van der Waals surface area contributed by atoms with E-state index in [1.54, 1.807) is 20.3 Å². The Kier molecular flexibility index (Phi) is 5.91. The first-order valence-electron chi connectivity index (χ1n) is 10.1. The number of benzene rings is 3. The minimum absolute atomic E-state index is 0.184. The van der Waals surface area contributed by atoms with Crippen LogP contribution in [0.4, 0.5) is 11.4 Å². The summed E-state index contributed by atoms with van der Waals surface area (Å²) in [6, 6.07) is 21.5. The van der Waals surface area contributed by atoms with Crippen molar-refractivity contribution >= 4 is 28.6 Å². The maximum absolute atomic E-state index is 13.1. The third-order valence-electron chi connectivity index (χ3n) is 5.24. The molecule has 0 atom stereocenters. The Hall–Kier alpha value is -3.77. The molecule has 0 saturated heterocycles. The molecular weight excluding hydrogens is 390 g/mol. The Morgan fingerprint density at radius 3 is 2.29 bits per heavy atom. The summed E-state index contributed by atoms with van der Waals surface area (Å²) in [5.41, 5.74) is 11.3. The molecule has 1 aliphatic rings. The van der Waals surface area contributed by atoms with E-state index in [4.69, 9.17) is 15.2 Å². The lowest BCUT2D eigenvalue weighted by Crippen LogP contribution is -2.10. The number of carbonyl (C=O) groups excluding carboxylic acids is 1. The average Bonchev–Trinajstić information content (AvgIpc) is 3.12. The molecule has 0 aliphatic carbocycles. The van der Waals surface area contributed by atoms with E-state index in [0.29, 0.717) is 29.3 Å². The second-order valence-corrected chi connectivity index (χ2v) is 7.18. The summed E-state index contributed by atoms with van der Waals surface area (Å²) in [7, 11) is 3.15. The second-order valence-electron chi connectivity index (χ2n) is 7.18. The molecule has 0 saturated carbocycles. The number of fused-ring (bicyclic) bond motifs is 1. The lowest BCUT2D eigenvalue weighted by Gasteiger charge is -2.16. The Bertz CT molecular complexity index is 1120. The van der Waals surface area contributed by atoms with Crippen molar-refractivity contribution in [2.75, 3.05) is 31.4 Å². The van der Waals surface area contributed by atoms with E-state index >= 15 is 0 Å². The fourth-order valence-corrected chi connectivity index (χ4v) is 3.69. The molecule has 6 nitrogen and oxygen atoms in total. The predicted octanol–water partition coefficient (Wildman–Crippen LogP) is 4.14. The molecule has 0 radical (unpaired) electrons. The van der Waals surface area contributed by atoms with Gasteiger partial charge in [-0.3, -0.25) is 4.79 Å². The van der Waals surface area contributed by atoms with E-state index < -0.39 is 0 Å². The van der Waals surface area contributed by atoms with Gasteiger partial charge < -0.3 is 25.8 Å². The maximum Gasteiger partial charge on any atom is 0.258 e. The van der Waals surface area contributed by atoms with Crippen molar-refractivity contribution < 1.29 is 14.3 Å². The van der Waals surface area contributed by atoms with Gasteiger partial charge in [-0.15, -0.1) is 0 Å². The van der Waals surface area contributed by atoms with Crippen LogP contribution >= 0.6 is 0 Å². The zero-order chi connectivity index (χ0) is 21.8. The molecule has 3 aromatic rings. The van der Waals surface area contributed by atoms with Crippen LogP contribution in [0.1, 0.15) is 16.7 Å². The number of rotatable bonds is 7. The Balaban J connectivity index is 1.85.